The van der Waals surface area contributed by atoms with Crippen molar-refractivity contribution in [3.05, 3.63) is 83.5 Å². The third-order valence-corrected chi connectivity index (χ3v) is 5.86. The van der Waals surface area contributed by atoms with Crippen molar-refractivity contribution in [1.82, 2.24) is 20.4 Å². The van der Waals surface area contributed by atoms with Gasteiger partial charge in [-0.1, -0.05) is 17.7 Å². The van der Waals surface area contributed by atoms with E-state index in [-0.39, 0.29) is 23.2 Å². The number of hydrogen-bond acceptors (Lipinski definition) is 10. The summed E-state index contributed by atoms with van der Waals surface area (Å²) >= 11 is 6.01. The lowest BCUT2D eigenvalue weighted by molar-refractivity contribution is 0.0957. The Morgan fingerprint density at radius 2 is 1.72 bits per heavy atom. The van der Waals surface area contributed by atoms with Crippen LogP contribution >= 0.6 is 11.6 Å². The van der Waals surface area contributed by atoms with E-state index in [9.17, 15) is 14.3 Å². The van der Waals surface area contributed by atoms with Crippen molar-refractivity contribution in [3.8, 4) is 5.75 Å². The molecule has 0 bridgehead atoms. The molecule has 0 atom stereocenters. The fourth-order valence-electron chi connectivity index (χ4n) is 3.85. The average molecular weight is 551 g/mol. The van der Waals surface area contributed by atoms with E-state index in [1.807, 2.05) is 24.3 Å². The van der Waals surface area contributed by atoms with E-state index >= 15 is 0 Å². The van der Waals surface area contributed by atoms with Gasteiger partial charge in [-0.3, -0.25) is 15.6 Å². The number of hydrogen-bond donors (Lipinski definition) is 5. The van der Waals surface area contributed by atoms with Gasteiger partial charge in [-0.25, -0.2) is 14.4 Å². The molecule has 1 fully saturated rings. The maximum Gasteiger partial charge on any atom is 0.288 e. The minimum Gasteiger partial charge on any atom is -0.508 e. The first-order valence-corrected chi connectivity index (χ1v) is 12.3. The van der Waals surface area contributed by atoms with Crippen molar-refractivity contribution in [2.45, 2.75) is 0 Å². The Bertz CT molecular complexity index is 1450. The van der Waals surface area contributed by atoms with Crippen molar-refractivity contribution < 1.29 is 19.0 Å². The second-order valence-electron chi connectivity index (χ2n) is 8.50. The lowest BCUT2D eigenvalue weighted by Crippen LogP contribution is -2.38. The lowest BCUT2D eigenvalue weighted by Gasteiger charge is -2.28. The highest BCUT2D eigenvalue weighted by Gasteiger charge is 2.18. The number of pyridine rings is 1. The first-order valence-electron chi connectivity index (χ1n) is 11.9. The number of nitrogens with one attached hydrogen (secondary N) is 4. The van der Waals surface area contributed by atoms with Crippen molar-refractivity contribution in [1.29, 1.82) is 0 Å². The number of morpholine rings is 1. The van der Waals surface area contributed by atoms with Gasteiger partial charge in [0.15, 0.2) is 11.6 Å². The number of anilines is 6. The molecule has 1 amide bonds. The molecule has 200 valence electrons. The molecule has 0 saturated carbocycles. The van der Waals surface area contributed by atoms with Crippen LogP contribution in [-0.2, 0) is 4.74 Å². The Labute approximate surface area is 228 Å². The number of carbonyl (C=O) groups is 1. The molecule has 1 aliphatic rings. The largest absolute Gasteiger partial charge is 0.508 e. The van der Waals surface area contributed by atoms with Crippen LogP contribution < -0.4 is 26.4 Å². The van der Waals surface area contributed by atoms with Crippen LogP contribution in [0.25, 0.3) is 0 Å². The summed E-state index contributed by atoms with van der Waals surface area (Å²) in [6.45, 7) is 1.99. The van der Waals surface area contributed by atoms with Crippen LogP contribution in [0.15, 0.2) is 67.0 Å². The SMILES string of the molecule is O=C(NNc1ncc(F)c(N2CCOCC2)n1)c1ccc(Nc2cccc(Nc3cc(O)cc(Cl)c3)c2)cn1. The first-order chi connectivity index (χ1) is 18.9. The molecule has 2 aromatic carbocycles. The minimum atomic E-state index is -0.552. The molecular formula is C26H24ClFN8O3. The number of aromatic hydroxyl groups is 1. The summed E-state index contributed by atoms with van der Waals surface area (Å²) in [4.78, 5) is 26.6. The van der Waals surface area contributed by atoms with Crippen LogP contribution in [0.2, 0.25) is 5.02 Å². The van der Waals surface area contributed by atoms with Gasteiger partial charge in [0.05, 0.1) is 31.3 Å². The maximum absolute atomic E-state index is 14.2. The van der Waals surface area contributed by atoms with Crippen LogP contribution in [0.4, 0.5) is 38.9 Å². The number of carbonyl (C=O) groups excluding carboxylic acids is 1. The second-order valence-corrected chi connectivity index (χ2v) is 8.94. The number of rotatable bonds is 8. The summed E-state index contributed by atoms with van der Waals surface area (Å²) in [6, 6.07) is 15.5. The molecular weight excluding hydrogens is 527 g/mol. The number of aromatic nitrogens is 3. The molecule has 2 aromatic heterocycles. The molecule has 0 spiro atoms. The Morgan fingerprint density at radius 3 is 2.44 bits per heavy atom. The van der Waals surface area contributed by atoms with E-state index < -0.39 is 11.7 Å². The molecule has 0 unspecified atom stereocenters. The van der Waals surface area contributed by atoms with Gasteiger partial charge in [0, 0.05) is 41.2 Å². The molecule has 1 saturated heterocycles. The van der Waals surface area contributed by atoms with Crippen LogP contribution in [0.3, 0.4) is 0 Å². The summed E-state index contributed by atoms with van der Waals surface area (Å²) in [5, 5.41) is 16.6. The predicted octanol–water partition coefficient (Wildman–Crippen LogP) is 4.45. The van der Waals surface area contributed by atoms with Gasteiger partial charge in [0.25, 0.3) is 5.91 Å². The second kappa shape index (κ2) is 11.8. The molecule has 1 aliphatic heterocycles. The molecule has 39 heavy (non-hydrogen) atoms. The zero-order valence-corrected chi connectivity index (χ0v) is 21.2. The van der Waals surface area contributed by atoms with E-state index in [1.54, 1.807) is 29.2 Å². The third-order valence-electron chi connectivity index (χ3n) is 5.64. The number of halogens is 2. The fourth-order valence-corrected chi connectivity index (χ4v) is 4.08. The fraction of sp³-hybridized carbons (Fsp3) is 0.154. The molecule has 11 nitrogen and oxygen atoms in total. The zero-order valence-electron chi connectivity index (χ0n) is 20.5. The minimum absolute atomic E-state index is 0.0472. The Morgan fingerprint density at radius 1 is 0.949 bits per heavy atom. The lowest BCUT2D eigenvalue weighted by atomic mass is 10.2. The van der Waals surface area contributed by atoms with Crippen LogP contribution in [0.5, 0.6) is 5.75 Å². The van der Waals surface area contributed by atoms with Gasteiger partial charge in [-0.15, -0.1) is 0 Å². The number of phenolic OH excluding ortho intramolecular Hbond substituents is 1. The summed E-state index contributed by atoms with van der Waals surface area (Å²) in [7, 11) is 0. The predicted molar refractivity (Wildman–Crippen MR) is 146 cm³/mol. The highest BCUT2D eigenvalue weighted by molar-refractivity contribution is 6.31. The highest BCUT2D eigenvalue weighted by Crippen LogP contribution is 2.27. The third kappa shape index (κ3) is 6.80. The van der Waals surface area contributed by atoms with Crippen molar-refractivity contribution in [3.63, 3.8) is 0 Å². The average Bonchev–Trinajstić information content (AvgIpc) is 2.93. The number of hydrazine groups is 1. The number of benzene rings is 2. The summed E-state index contributed by atoms with van der Waals surface area (Å²) in [6.07, 6.45) is 2.57. The van der Waals surface area contributed by atoms with Crippen molar-refractivity contribution in [2.24, 2.45) is 0 Å². The monoisotopic (exact) mass is 550 g/mol. The van der Waals surface area contributed by atoms with E-state index in [4.69, 9.17) is 16.3 Å². The van der Waals surface area contributed by atoms with Gasteiger partial charge in [0.2, 0.25) is 5.95 Å². The summed E-state index contributed by atoms with van der Waals surface area (Å²) < 4.78 is 19.5. The van der Waals surface area contributed by atoms with Gasteiger partial charge in [0.1, 0.15) is 11.4 Å². The van der Waals surface area contributed by atoms with Gasteiger partial charge < -0.3 is 25.4 Å². The van der Waals surface area contributed by atoms with E-state index in [2.05, 4.69) is 36.4 Å². The Balaban J connectivity index is 1.18. The zero-order chi connectivity index (χ0) is 27.2. The molecule has 5 rings (SSSR count). The quantitative estimate of drug-likeness (QED) is 0.200. The topological polar surface area (TPSA) is 137 Å². The number of nitrogens with zero attached hydrogens (tertiary/aromatic N) is 4. The molecule has 0 aliphatic carbocycles. The Hall–Kier alpha value is -4.68. The molecule has 4 aromatic rings. The van der Waals surface area contributed by atoms with Gasteiger partial charge in [-0.2, -0.15) is 4.98 Å². The highest BCUT2D eigenvalue weighted by atomic mass is 35.5. The normalized spacial score (nSPS) is 13.0. The Kier molecular flexibility index (Phi) is 7.85. The molecule has 13 heteroatoms. The smallest absolute Gasteiger partial charge is 0.288 e. The van der Waals surface area contributed by atoms with Gasteiger partial charge >= 0.3 is 0 Å². The van der Waals surface area contributed by atoms with Crippen LogP contribution in [-0.4, -0.2) is 52.3 Å². The molecule has 0 radical (unpaired) electrons. The van der Waals surface area contributed by atoms with E-state index in [0.717, 1.165) is 17.6 Å². The van der Waals surface area contributed by atoms with E-state index in [0.29, 0.717) is 42.7 Å². The summed E-state index contributed by atoms with van der Waals surface area (Å²) in [5.74, 6) is -0.816. The number of phenols is 1. The van der Waals surface area contributed by atoms with E-state index in [1.165, 1.54) is 12.3 Å². The number of amides is 1. The number of ether oxygens (including phenoxy) is 1. The van der Waals surface area contributed by atoms with Crippen LogP contribution in [0, 0.1) is 5.82 Å². The van der Waals surface area contributed by atoms with Crippen molar-refractivity contribution in [2.75, 3.05) is 47.3 Å². The molecule has 5 N–H and O–H groups in total. The first kappa shape index (κ1) is 25.9. The van der Waals surface area contributed by atoms with Crippen molar-refractivity contribution >= 4 is 52.0 Å². The standard InChI is InChI=1S/C26H24ClFN8O3/c27-16-10-20(13-21(37)11-16)32-18-3-1-2-17(12-18)31-19-4-5-23(29-14-19)25(38)34-35-26-30-15-22(28)24(33-26)36-6-8-39-9-7-36/h1-5,10-15,31-32,37H,6-9H2,(H,34,38)(H,30,33,35). The van der Waals surface area contributed by atoms with Gasteiger partial charge in [-0.05, 0) is 42.5 Å². The maximum atomic E-state index is 14.2. The molecule has 3 heterocycles. The van der Waals surface area contributed by atoms with Crippen LogP contribution in [0.1, 0.15) is 10.5 Å². The summed E-state index contributed by atoms with van der Waals surface area (Å²) in [5.41, 5.74) is 8.09.